The number of nitrogens with zero attached hydrogens (tertiary/aromatic N) is 1. The molecule has 2 heteroatoms. The van der Waals surface area contributed by atoms with Crippen molar-refractivity contribution in [3.63, 3.8) is 0 Å². The molecule has 0 saturated carbocycles. The molecule has 0 aliphatic carbocycles. The van der Waals surface area contributed by atoms with Crippen LogP contribution >= 0.6 is 0 Å². The zero-order chi connectivity index (χ0) is 48.5. The second-order valence-electron chi connectivity index (χ2n) is 17.6. The number of allylic oxidation sites excluding steroid dienone is 2. The maximum absolute atomic E-state index is 4.97. The van der Waals surface area contributed by atoms with Crippen LogP contribution in [-0.4, -0.2) is 9.97 Å². The fourth-order valence-corrected chi connectivity index (χ4v) is 9.65. The third-order valence-corrected chi connectivity index (χ3v) is 12.8. The van der Waals surface area contributed by atoms with Crippen molar-refractivity contribution in [3.8, 4) is 89.3 Å². The summed E-state index contributed by atoms with van der Waals surface area (Å²) in [6, 6.07) is 90.4. The molecule has 1 heterocycles. The smallest absolute Gasteiger partial charge is 0.138 e. The summed E-state index contributed by atoms with van der Waals surface area (Å²) in [7, 11) is 0. The van der Waals surface area contributed by atoms with Crippen LogP contribution in [0.2, 0.25) is 0 Å². The van der Waals surface area contributed by atoms with Gasteiger partial charge in [0.05, 0.1) is 11.0 Å². The molecule has 0 aliphatic heterocycles. The average Bonchev–Trinajstić information content (AvgIpc) is 3.88. The van der Waals surface area contributed by atoms with Gasteiger partial charge in [0.25, 0.3) is 0 Å². The number of H-pyrrole nitrogens is 1. The lowest BCUT2D eigenvalue weighted by molar-refractivity contribution is 1.34. The monoisotopic (exact) mass is 910 g/mol. The van der Waals surface area contributed by atoms with E-state index in [0.717, 1.165) is 33.5 Å². The molecule has 0 saturated heterocycles. The van der Waals surface area contributed by atoms with Crippen molar-refractivity contribution in [2.45, 2.75) is 13.8 Å². The molecule has 71 heavy (non-hydrogen) atoms. The highest BCUT2D eigenvalue weighted by atomic mass is 14.9. The third kappa shape index (κ3) is 9.65. The molecule has 12 aromatic rings. The van der Waals surface area contributed by atoms with E-state index in [1.54, 1.807) is 12.2 Å². The first kappa shape index (κ1) is 45.7. The van der Waals surface area contributed by atoms with Crippen LogP contribution in [-0.2, 0) is 0 Å². The Labute approximate surface area is 417 Å². The molecule has 12 rings (SSSR count). The van der Waals surface area contributed by atoms with E-state index in [-0.39, 0.29) is 0 Å². The Hall–Kier alpha value is -9.11. The number of hydrogen-bond donors (Lipinski definition) is 1. The van der Waals surface area contributed by atoms with Crippen LogP contribution in [0.25, 0.3) is 122 Å². The predicted octanol–water partition coefficient (Wildman–Crippen LogP) is 19.6. The fourth-order valence-electron chi connectivity index (χ4n) is 9.65. The highest BCUT2D eigenvalue weighted by Gasteiger charge is 2.21. The van der Waals surface area contributed by atoms with Crippen LogP contribution < -0.4 is 0 Å². The van der Waals surface area contributed by atoms with Gasteiger partial charge in [-0.3, -0.25) is 0 Å². The Balaban J connectivity index is 0.000000925. The van der Waals surface area contributed by atoms with Crippen LogP contribution in [0.5, 0.6) is 0 Å². The maximum Gasteiger partial charge on any atom is 0.138 e. The van der Waals surface area contributed by atoms with Gasteiger partial charge in [-0.15, -0.1) is 13.2 Å². The van der Waals surface area contributed by atoms with Crippen molar-refractivity contribution in [1.29, 1.82) is 0 Å². The van der Waals surface area contributed by atoms with Crippen molar-refractivity contribution in [2.24, 2.45) is 0 Å². The minimum atomic E-state index is 0.862. The molecule has 0 radical (unpaired) electrons. The Kier molecular flexibility index (Phi) is 13.5. The number of hydrogen-bond acceptors (Lipinski definition) is 1. The van der Waals surface area contributed by atoms with Crippen molar-refractivity contribution < 1.29 is 0 Å². The van der Waals surface area contributed by atoms with Crippen molar-refractivity contribution in [1.82, 2.24) is 9.97 Å². The topological polar surface area (TPSA) is 28.7 Å². The van der Waals surface area contributed by atoms with Crippen LogP contribution in [0, 0.1) is 0 Å². The maximum atomic E-state index is 4.97. The van der Waals surface area contributed by atoms with E-state index in [1.807, 2.05) is 26.0 Å². The number of benzene rings is 11. The molecule has 0 amide bonds. The second-order valence-corrected chi connectivity index (χ2v) is 17.6. The molecular weight excluding hydrogens is 857 g/mol. The lowest BCUT2D eigenvalue weighted by Gasteiger charge is -2.21. The first-order chi connectivity index (χ1) is 35.0. The van der Waals surface area contributed by atoms with E-state index < -0.39 is 0 Å². The number of fused-ring (bicyclic) bond motifs is 3. The second kappa shape index (κ2) is 21.0. The average molecular weight is 911 g/mol. The van der Waals surface area contributed by atoms with E-state index in [1.165, 1.54) is 88.3 Å². The van der Waals surface area contributed by atoms with Crippen molar-refractivity contribution >= 4 is 32.6 Å². The van der Waals surface area contributed by atoms with Gasteiger partial charge in [0.15, 0.2) is 0 Å². The zero-order valence-electron chi connectivity index (χ0n) is 40.2. The minimum absolute atomic E-state index is 0.862. The largest absolute Gasteiger partial charge is 0.338 e. The van der Waals surface area contributed by atoms with E-state index >= 15 is 0 Å². The number of aromatic amines is 1. The van der Waals surface area contributed by atoms with Gasteiger partial charge < -0.3 is 4.98 Å². The molecular formula is C69H54N2. The molecule has 2 nitrogen and oxygen atoms in total. The summed E-state index contributed by atoms with van der Waals surface area (Å²) in [5.74, 6) is 0.862. The number of aromatic nitrogens is 2. The van der Waals surface area contributed by atoms with Crippen LogP contribution in [0.1, 0.15) is 13.8 Å². The summed E-state index contributed by atoms with van der Waals surface area (Å²) < 4.78 is 0. The first-order valence-electron chi connectivity index (χ1n) is 24.2. The molecule has 0 spiro atoms. The number of imidazole rings is 1. The predicted molar refractivity (Wildman–Crippen MR) is 306 cm³/mol. The lowest BCUT2D eigenvalue weighted by atomic mass is 9.82. The van der Waals surface area contributed by atoms with Gasteiger partial charge in [0.2, 0.25) is 0 Å². The van der Waals surface area contributed by atoms with Gasteiger partial charge in [0.1, 0.15) is 5.82 Å². The number of para-hydroxylation sites is 2. The molecule has 0 atom stereocenters. The molecule has 11 aromatic carbocycles. The van der Waals surface area contributed by atoms with E-state index in [4.69, 9.17) is 4.98 Å². The van der Waals surface area contributed by atoms with Crippen molar-refractivity contribution in [2.75, 3.05) is 0 Å². The number of rotatable bonds is 8. The van der Waals surface area contributed by atoms with E-state index in [9.17, 15) is 0 Å². The molecule has 0 bridgehead atoms. The van der Waals surface area contributed by atoms with Gasteiger partial charge in [-0.1, -0.05) is 200 Å². The zero-order valence-corrected chi connectivity index (χ0v) is 40.2. The Morgan fingerprint density at radius 1 is 0.296 bits per heavy atom. The molecule has 1 N–H and O–H groups in total. The number of nitrogens with one attached hydrogen (secondary N) is 1. The molecule has 340 valence electrons. The van der Waals surface area contributed by atoms with Gasteiger partial charge in [-0.25, -0.2) is 4.98 Å². The highest BCUT2D eigenvalue weighted by Crippen LogP contribution is 2.48. The Morgan fingerprint density at radius 3 is 1.10 bits per heavy atom. The van der Waals surface area contributed by atoms with Gasteiger partial charge in [0, 0.05) is 5.56 Å². The Bertz CT molecular complexity index is 3640. The SMILES string of the molecule is C=CC.C=CC.c1ccc(-c2cc(-c3ccccc3)cc(-c3c4ccccc4c(-c4cc(-c5ccccc5)cc(-c5ccccc5)c4)c4cc(-c5cccc(-c6nc7ccccc7[nH]6)c5)ccc34)c2)cc1. The fraction of sp³-hybridized carbons (Fsp3) is 0.0290. The van der Waals surface area contributed by atoms with Gasteiger partial charge in [-0.2, -0.15) is 0 Å². The minimum Gasteiger partial charge on any atom is -0.338 e. The summed E-state index contributed by atoms with van der Waals surface area (Å²) in [6.45, 7) is 10.5. The van der Waals surface area contributed by atoms with Crippen LogP contribution in [0.15, 0.2) is 274 Å². The normalized spacial score (nSPS) is 10.8. The molecule has 1 aromatic heterocycles. The van der Waals surface area contributed by atoms with Crippen molar-refractivity contribution in [3.05, 3.63) is 274 Å². The summed E-state index contributed by atoms with van der Waals surface area (Å²) >= 11 is 0. The van der Waals surface area contributed by atoms with E-state index in [0.29, 0.717) is 0 Å². The molecule has 0 fully saturated rings. The summed E-state index contributed by atoms with van der Waals surface area (Å²) in [6.07, 6.45) is 3.50. The molecule has 0 unspecified atom stereocenters. The quantitative estimate of drug-likeness (QED) is 0.119. The summed E-state index contributed by atoms with van der Waals surface area (Å²) in [4.78, 5) is 8.53. The van der Waals surface area contributed by atoms with Crippen LogP contribution in [0.3, 0.4) is 0 Å². The summed E-state index contributed by atoms with van der Waals surface area (Å²) in [5, 5.41) is 4.82. The molecule has 0 aliphatic rings. The standard InChI is InChI=1S/C63H42N2.2C3H6/c1-5-18-42(19-6-1)49-35-50(43-20-7-2-8-21-43)38-53(37-49)61-55-28-13-14-29-56(55)62(54-39-51(44-22-9-3-10-23-44)36-52(40-54)45-24-11-4-12-25-45)58-41-47(32-33-57(58)61)46-26-17-27-48(34-46)63-64-59-30-15-16-31-60(59)65-63;2*1-3-2/h1-41H,(H,64,65);2*3H,1H2,2H3. The van der Waals surface area contributed by atoms with E-state index in [2.05, 4.69) is 255 Å². The van der Waals surface area contributed by atoms with Crippen LogP contribution in [0.4, 0.5) is 0 Å². The van der Waals surface area contributed by atoms with Gasteiger partial charge in [-0.05, 0) is 174 Å². The first-order valence-corrected chi connectivity index (χ1v) is 24.2. The summed E-state index contributed by atoms with van der Waals surface area (Å²) in [5.41, 5.74) is 19.6. The lowest BCUT2D eigenvalue weighted by Crippen LogP contribution is -1.94. The highest BCUT2D eigenvalue weighted by molar-refractivity contribution is 6.22. The van der Waals surface area contributed by atoms with Gasteiger partial charge >= 0.3 is 0 Å². The Morgan fingerprint density at radius 2 is 0.634 bits per heavy atom. The third-order valence-electron chi connectivity index (χ3n) is 12.8.